The van der Waals surface area contributed by atoms with Crippen LogP contribution in [0.4, 0.5) is 0 Å². The molecule has 7 heteroatoms. The van der Waals surface area contributed by atoms with Crippen molar-refractivity contribution < 1.29 is 23.9 Å². The van der Waals surface area contributed by atoms with E-state index in [4.69, 9.17) is 9.47 Å². The van der Waals surface area contributed by atoms with Crippen molar-refractivity contribution in [1.82, 2.24) is 4.90 Å². The lowest BCUT2D eigenvalue weighted by Gasteiger charge is -2.27. The lowest BCUT2D eigenvalue weighted by atomic mass is 9.93. The second kappa shape index (κ2) is 9.51. The molecule has 1 aromatic rings. The number of amides is 2. The summed E-state index contributed by atoms with van der Waals surface area (Å²) in [5, 5.41) is 9.38. The Balaban J connectivity index is 2.30. The number of carbonyl (C=O) groups excluding carboxylic acids is 3. The predicted molar refractivity (Wildman–Crippen MR) is 102 cm³/mol. The lowest BCUT2D eigenvalue weighted by molar-refractivity contribution is -0.141. The largest absolute Gasteiger partial charge is 0.494 e. The van der Waals surface area contributed by atoms with Crippen molar-refractivity contribution in [3.05, 3.63) is 46.5 Å². The van der Waals surface area contributed by atoms with Gasteiger partial charge in [0.05, 0.1) is 13.2 Å². The van der Waals surface area contributed by atoms with Crippen LogP contribution in [0.25, 0.3) is 6.08 Å². The van der Waals surface area contributed by atoms with Crippen LogP contribution in [0.2, 0.25) is 0 Å². The Kier molecular flexibility index (Phi) is 7.10. The molecule has 2 amide bonds. The number of ether oxygens (including phenoxy) is 2. The van der Waals surface area contributed by atoms with Gasteiger partial charge in [-0.1, -0.05) is 12.1 Å². The van der Waals surface area contributed by atoms with Gasteiger partial charge in [0.1, 0.15) is 17.4 Å². The first-order valence-electron chi connectivity index (χ1n) is 8.94. The molecule has 0 bridgehead atoms. The molecule has 0 unspecified atom stereocenters. The molecular formula is C21H22N2O5. The number of hydrogen-bond donors (Lipinski definition) is 0. The first-order valence-corrected chi connectivity index (χ1v) is 8.94. The molecule has 0 aromatic heterocycles. The molecule has 0 aliphatic carbocycles. The molecule has 0 radical (unpaired) electrons. The monoisotopic (exact) mass is 382 g/mol. The highest BCUT2D eigenvalue weighted by Crippen LogP contribution is 2.27. The summed E-state index contributed by atoms with van der Waals surface area (Å²) in [5.41, 5.74) is 1.32. The van der Waals surface area contributed by atoms with Gasteiger partial charge in [-0.25, -0.2) is 0 Å². The van der Waals surface area contributed by atoms with Crippen LogP contribution in [0.5, 0.6) is 5.75 Å². The van der Waals surface area contributed by atoms with E-state index in [1.165, 1.54) is 6.92 Å². The van der Waals surface area contributed by atoms with Gasteiger partial charge in [0.15, 0.2) is 0 Å². The Bertz CT molecular complexity index is 875. The number of imide groups is 1. The number of nitriles is 1. The number of rotatable bonds is 7. The van der Waals surface area contributed by atoms with Crippen molar-refractivity contribution in [2.45, 2.75) is 27.2 Å². The molecular weight excluding hydrogens is 360 g/mol. The van der Waals surface area contributed by atoms with E-state index < -0.39 is 17.8 Å². The summed E-state index contributed by atoms with van der Waals surface area (Å²) in [5.74, 6) is -0.817. The average molecular weight is 382 g/mol. The van der Waals surface area contributed by atoms with E-state index in [2.05, 4.69) is 0 Å². The minimum Gasteiger partial charge on any atom is -0.494 e. The van der Waals surface area contributed by atoms with Crippen molar-refractivity contribution in [1.29, 1.82) is 5.26 Å². The number of nitrogens with zero attached hydrogens (tertiary/aromatic N) is 2. The molecule has 1 aliphatic heterocycles. The van der Waals surface area contributed by atoms with Crippen LogP contribution in [-0.2, 0) is 19.1 Å². The van der Waals surface area contributed by atoms with Gasteiger partial charge in [-0.05, 0) is 49.6 Å². The van der Waals surface area contributed by atoms with Crippen molar-refractivity contribution in [2.75, 3.05) is 19.8 Å². The van der Waals surface area contributed by atoms with Crippen LogP contribution < -0.4 is 4.74 Å². The van der Waals surface area contributed by atoms with Gasteiger partial charge in [-0.2, -0.15) is 5.26 Å². The minimum absolute atomic E-state index is 0.0595. The van der Waals surface area contributed by atoms with E-state index in [-0.39, 0.29) is 24.3 Å². The predicted octanol–water partition coefficient (Wildman–Crippen LogP) is 2.63. The quantitative estimate of drug-likeness (QED) is 0.311. The lowest BCUT2D eigenvalue weighted by Crippen LogP contribution is -2.43. The third-order valence-electron chi connectivity index (χ3n) is 4.16. The maximum atomic E-state index is 12.9. The molecule has 1 aromatic carbocycles. The second-order valence-electron chi connectivity index (χ2n) is 6.13. The zero-order chi connectivity index (χ0) is 20.7. The van der Waals surface area contributed by atoms with Gasteiger partial charge in [0, 0.05) is 19.0 Å². The number of benzene rings is 1. The standard InChI is InChI=1S/C21H22N2O5/c1-4-27-17-8-6-16(7-9-17)12-18-14(2)19(13-22)21(26)23(20(18)25)10-5-11-28-15(3)24/h6-9,12H,4-5,10-11H2,1-3H3/b18-12+. The molecule has 2 rings (SSSR count). The molecule has 0 atom stereocenters. The molecule has 0 saturated heterocycles. The van der Waals surface area contributed by atoms with Gasteiger partial charge in [0.2, 0.25) is 0 Å². The van der Waals surface area contributed by atoms with Crippen molar-refractivity contribution >= 4 is 23.9 Å². The third kappa shape index (κ3) is 4.86. The van der Waals surface area contributed by atoms with E-state index in [0.29, 0.717) is 24.4 Å². The van der Waals surface area contributed by atoms with Gasteiger partial charge < -0.3 is 9.47 Å². The summed E-state index contributed by atoms with van der Waals surface area (Å²) >= 11 is 0. The SMILES string of the molecule is CCOc1ccc(/C=C2/C(=O)N(CCCOC(C)=O)C(=O)C(C#N)=C2C)cc1. The minimum atomic E-state index is -0.628. The third-order valence-corrected chi connectivity index (χ3v) is 4.16. The number of carbonyl (C=O) groups is 3. The maximum absolute atomic E-state index is 12.9. The van der Waals surface area contributed by atoms with Gasteiger partial charge in [-0.15, -0.1) is 0 Å². The average Bonchev–Trinajstić information content (AvgIpc) is 2.66. The number of hydrogen-bond acceptors (Lipinski definition) is 6. The summed E-state index contributed by atoms with van der Waals surface area (Å²) < 4.78 is 10.2. The molecule has 146 valence electrons. The van der Waals surface area contributed by atoms with E-state index >= 15 is 0 Å². The molecule has 0 spiro atoms. The van der Waals surface area contributed by atoms with Crippen molar-refractivity contribution in [3.63, 3.8) is 0 Å². The first-order chi connectivity index (χ1) is 13.4. The van der Waals surface area contributed by atoms with Crippen molar-refractivity contribution in [2.24, 2.45) is 0 Å². The first kappa shape index (κ1) is 20.9. The summed E-state index contributed by atoms with van der Waals surface area (Å²) in [4.78, 5) is 37.2. The maximum Gasteiger partial charge on any atom is 0.302 e. The Morgan fingerprint density at radius 1 is 1.21 bits per heavy atom. The van der Waals surface area contributed by atoms with Crippen LogP contribution in [0.3, 0.4) is 0 Å². The topological polar surface area (TPSA) is 96.7 Å². The van der Waals surface area contributed by atoms with Crippen LogP contribution in [0.15, 0.2) is 41.0 Å². The molecule has 0 fully saturated rings. The number of esters is 1. The summed E-state index contributed by atoms with van der Waals surface area (Å²) in [6.45, 7) is 5.47. The fraction of sp³-hybridized carbons (Fsp3) is 0.333. The van der Waals surface area contributed by atoms with Gasteiger partial charge >= 0.3 is 5.97 Å². The van der Waals surface area contributed by atoms with E-state index in [1.54, 1.807) is 37.3 Å². The van der Waals surface area contributed by atoms with Crippen LogP contribution >= 0.6 is 0 Å². The van der Waals surface area contributed by atoms with Gasteiger partial charge in [0.25, 0.3) is 11.8 Å². The fourth-order valence-electron chi connectivity index (χ4n) is 2.76. The summed E-state index contributed by atoms with van der Waals surface area (Å²) in [7, 11) is 0. The van der Waals surface area contributed by atoms with Crippen LogP contribution in [-0.4, -0.2) is 42.4 Å². The Morgan fingerprint density at radius 2 is 1.89 bits per heavy atom. The summed E-state index contributed by atoms with van der Waals surface area (Å²) in [6, 6.07) is 9.06. The van der Waals surface area contributed by atoms with Crippen LogP contribution in [0.1, 0.15) is 32.8 Å². The Morgan fingerprint density at radius 3 is 2.46 bits per heavy atom. The smallest absolute Gasteiger partial charge is 0.302 e. The highest BCUT2D eigenvalue weighted by molar-refractivity contribution is 6.19. The summed E-state index contributed by atoms with van der Waals surface area (Å²) in [6.07, 6.45) is 1.95. The highest BCUT2D eigenvalue weighted by Gasteiger charge is 2.35. The van der Waals surface area contributed by atoms with E-state index in [9.17, 15) is 19.6 Å². The Hall–Kier alpha value is -3.40. The molecule has 0 N–H and O–H groups in total. The molecule has 28 heavy (non-hydrogen) atoms. The van der Waals surface area contributed by atoms with E-state index in [0.717, 1.165) is 10.5 Å². The molecule has 7 nitrogen and oxygen atoms in total. The molecule has 0 saturated carbocycles. The zero-order valence-corrected chi connectivity index (χ0v) is 16.2. The fourth-order valence-corrected chi connectivity index (χ4v) is 2.76. The molecule has 1 aliphatic rings. The van der Waals surface area contributed by atoms with Crippen molar-refractivity contribution in [3.8, 4) is 11.8 Å². The highest BCUT2D eigenvalue weighted by atomic mass is 16.5. The second-order valence-corrected chi connectivity index (χ2v) is 6.13. The Labute approximate surface area is 163 Å². The van der Waals surface area contributed by atoms with E-state index in [1.807, 2.05) is 13.0 Å². The normalized spacial score (nSPS) is 15.6. The van der Waals surface area contributed by atoms with Gasteiger partial charge in [-0.3, -0.25) is 19.3 Å². The molecule has 1 heterocycles. The zero-order valence-electron chi connectivity index (χ0n) is 16.2. The van der Waals surface area contributed by atoms with Crippen LogP contribution in [0, 0.1) is 11.3 Å².